The molecule has 16 heavy (non-hydrogen) atoms. The van der Waals surface area contributed by atoms with Crippen LogP contribution in [0.1, 0.15) is 27.2 Å². The van der Waals surface area contributed by atoms with E-state index in [2.05, 4.69) is 10.6 Å². The van der Waals surface area contributed by atoms with Gasteiger partial charge in [0.15, 0.2) is 0 Å². The second-order valence-electron chi connectivity index (χ2n) is 4.64. The van der Waals surface area contributed by atoms with Gasteiger partial charge in [-0.15, -0.1) is 0 Å². The van der Waals surface area contributed by atoms with Crippen LogP contribution < -0.4 is 10.6 Å². The van der Waals surface area contributed by atoms with E-state index in [1.807, 2.05) is 20.1 Å². The van der Waals surface area contributed by atoms with Gasteiger partial charge in [0.25, 0.3) is 0 Å². The zero-order valence-electron chi connectivity index (χ0n) is 10.3. The van der Waals surface area contributed by atoms with Crippen molar-refractivity contribution in [2.24, 2.45) is 5.92 Å². The van der Waals surface area contributed by atoms with Crippen molar-refractivity contribution in [2.75, 3.05) is 12.0 Å². The molecule has 1 saturated carbocycles. The summed E-state index contributed by atoms with van der Waals surface area (Å²) in [6.07, 6.45) is 2.77. The Labute approximate surface area is 101 Å². The number of carbonyl (C=O) groups excluding carboxylic acids is 2. The average molecular weight is 244 g/mol. The van der Waals surface area contributed by atoms with Crippen LogP contribution in [0.5, 0.6) is 0 Å². The standard InChI is InChI=1S/C11H20N2O2S/c1-7(2)12-10(15)11(13-8(3)14)5-9(11)6-16-4/h7,9H,5-6H2,1-4H3,(H,12,15)(H,13,14)/t9-,11-/m1/s1. The van der Waals surface area contributed by atoms with Gasteiger partial charge < -0.3 is 10.6 Å². The molecule has 0 unspecified atom stereocenters. The number of hydrogen-bond donors (Lipinski definition) is 2. The quantitative estimate of drug-likeness (QED) is 0.751. The molecule has 1 fully saturated rings. The van der Waals surface area contributed by atoms with E-state index >= 15 is 0 Å². The van der Waals surface area contributed by atoms with Crippen LogP contribution in [0.2, 0.25) is 0 Å². The van der Waals surface area contributed by atoms with Crippen molar-refractivity contribution in [3.05, 3.63) is 0 Å². The first kappa shape index (κ1) is 13.4. The van der Waals surface area contributed by atoms with Crippen LogP contribution in [-0.2, 0) is 9.59 Å². The van der Waals surface area contributed by atoms with Crippen LogP contribution in [0.25, 0.3) is 0 Å². The molecule has 0 aliphatic heterocycles. The molecule has 0 aromatic carbocycles. The molecule has 0 bridgehead atoms. The molecular formula is C11H20N2O2S. The van der Waals surface area contributed by atoms with Gasteiger partial charge in [-0.1, -0.05) is 0 Å². The van der Waals surface area contributed by atoms with Crippen molar-refractivity contribution in [3.8, 4) is 0 Å². The maximum Gasteiger partial charge on any atom is 0.246 e. The Kier molecular flexibility index (Phi) is 4.24. The summed E-state index contributed by atoms with van der Waals surface area (Å²) < 4.78 is 0. The Balaban J connectivity index is 2.67. The highest BCUT2D eigenvalue weighted by Crippen LogP contribution is 2.45. The largest absolute Gasteiger partial charge is 0.352 e. The number of hydrogen-bond acceptors (Lipinski definition) is 3. The molecule has 0 heterocycles. The summed E-state index contributed by atoms with van der Waals surface area (Å²) in [7, 11) is 0. The molecule has 2 N–H and O–H groups in total. The highest BCUT2D eigenvalue weighted by molar-refractivity contribution is 7.98. The van der Waals surface area contributed by atoms with Crippen molar-refractivity contribution in [2.45, 2.75) is 38.8 Å². The van der Waals surface area contributed by atoms with Crippen LogP contribution in [0.15, 0.2) is 0 Å². The van der Waals surface area contributed by atoms with Crippen LogP contribution in [0, 0.1) is 5.92 Å². The molecule has 1 rings (SSSR count). The van der Waals surface area contributed by atoms with Gasteiger partial charge in [-0.3, -0.25) is 9.59 Å². The number of thioether (sulfide) groups is 1. The molecule has 1 aliphatic carbocycles. The molecule has 2 atom stereocenters. The zero-order chi connectivity index (χ0) is 12.3. The van der Waals surface area contributed by atoms with Crippen molar-refractivity contribution in [1.82, 2.24) is 10.6 Å². The second-order valence-corrected chi connectivity index (χ2v) is 5.55. The van der Waals surface area contributed by atoms with E-state index in [4.69, 9.17) is 0 Å². The first-order valence-corrected chi connectivity index (χ1v) is 6.90. The predicted octanol–water partition coefficient (Wildman–Crippen LogP) is 0.769. The minimum atomic E-state index is -0.640. The van der Waals surface area contributed by atoms with Crippen LogP contribution in [-0.4, -0.2) is 35.4 Å². The van der Waals surface area contributed by atoms with Crippen molar-refractivity contribution >= 4 is 23.6 Å². The summed E-state index contributed by atoms with van der Waals surface area (Å²) in [4.78, 5) is 23.2. The maximum atomic E-state index is 12.0. The monoisotopic (exact) mass is 244 g/mol. The Hall–Kier alpha value is -0.710. The van der Waals surface area contributed by atoms with E-state index in [0.717, 1.165) is 12.2 Å². The molecule has 0 spiro atoms. The SMILES string of the molecule is CSC[C@H]1C[C@]1(NC(C)=O)C(=O)NC(C)C. The van der Waals surface area contributed by atoms with Gasteiger partial charge in [0, 0.05) is 18.9 Å². The maximum absolute atomic E-state index is 12.0. The first-order chi connectivity index (χ1) is 7.42. The highest BCUT2D eigenvalue weighted by Gasteiger charge is 2.60. The van der Waals surface area contributed by atoms with E-state index in [1.54, 1.807) is 11.8 Å². The minimum absolute atomic E-state index is 0.0447. The summed E-state index contributed by atoms with van der Waals surface area (Å²) in [5.41, 5.74) is -0.640. The molecule has 5 heteroatoms. The average Bonchev–Trinajstić information content (AvgIpc) is 2.78. The van der Waals surface area contributed by atoms with E-state index in [0.29, 0.717) is 0 Å². The summed E-state index contributed by atoms with van der Waals surface area (Å²) in [6.45, 7) is 5.30. The van der Waals surface area contributed by atoms with Crippen molar-refractivity contribution in [1.29, 1.82) is 0 Å². The summed E-state index contributed by atoms with van der Waals surface area (Å²) >= 11 is 1.71. The van der Waals surface area contributed by atoms with Gasteiger partial charge in [-0.05, 0) is 32.3 Å². The van der Waals surface area contributed by atoms with Gasteiger partial charge in [0.1, 0.15) is 5.54 Å². The number of carbonyl (C=O) groups is 2. The van der Waals surface area contributed by atoms with E-state index < -0.39 is 5.54 Å². The van der Waals surface area contributed by atoms with Crippen molar-refractivity contribution < 1.29 is 9.59 Å². The summed E-state index contributed by atoms with van der Waals surface area (Å²) in [5.74, 6) is 0.996. The Morgan fingerprint density at radius 2 is 2.12 bits per heavy atom. The molecule has 2 amide bonds. The summed E-state index contributed by atoms with van der Waals surface area (Å²) in [5, 5.41) is 5.68. The van der Waals surface area contributed by atoms with Crippen molar-refractivity contribution in [3.63, 3.8) is 0 Å². The van der Waals surface area contributed by atoms with E-state index in [-0.39, 0.29) is 23.8 Å². The van der Waals surface area contributed by atoms with E-state index in [9.17, 15) is 9.59 Å². The lowest BCUT2D eigenvalue weighted by molar-refractivity contribution is -0.129. The van der Waals surface area contributed by atoms with Gasteiger partial charge >= 0.3 is 0 Å². The molecule has 0 radical (unpaired) electrons. The third-order valence-corrected chi connectivity index (χ3v) is 3.43. The van der Waals surface area contributed by atoms with Crippen LogP contribution in [0.3, 0.4) is 0 Å². The fraction of sp³-hybridized carbons (Fsp3) is 0.818. The van der Waals surface area contributed by atoms with Gasteiger partial charge in [-0.25, -0.2) is 0 Å². The molecular weight excluding hydrogens is 224 g/mol. The third-order valence-electron chi connectivity index (χ3n) is 2.70. The lowest BCUT2D eigenvalue weighted by Gasteiger charge is -2.19. The molecule has 92 valence electrons. The fourth-order valence-corrected chi connectivity index (χ4v) is 2.73. The molecule has 0 aromatic rings. The van der Waals surface area contributed by atoms with E-state index in [1.165, 1.54) is 6.92 Å². The molecule has 1 aliphatic rings. The van der Waals surface area contributed by atoms with Gasteiger partial charge in [0.2, 0.25) is 11.8 Å². The minimum Gasteiger partial charge on any atom is -0.352 e. The summed E-state index contributed by atoms with van der Waals surface area (Å²) in [6, 6.07) is 0.105. The van der Waals surface area contributed by atoms with Gasteiger partial charge in [0.05, 0.1) is 0 Å². The fourth-order valence-electron chi connectivity index (χ4n) is 1.93. The zero-order valence-corrected chi connectivity index (χ0v) is 11.1. The smallest absolute Gasteiger partial charge is 0.246 e. The van der Waals surface area contributed by atoms with Crippen LogP contribution in [0.4, 0.5) is 0 Å². The third kappa shape index (κ3) is 2.90. The van der Waals surface area contributed by atoms with Crippen LogP contribution >= 0.6 is 11.8 Å². The lowest BCUT2D eigenvalue weighted by Crippen LogP contribution is -2.51. The normalized spacial score (nSPS) is 27.7. The number of rotatable bonds is 5. The first-order valence-electron chi connectivity index (χ1n) is 5.51. The Morgan fingerprint density at radius 1 is 1.50 bits per heavy atom. The number of nitrogens with one attached hydrogen (secondary N) is 2. The molecule has 4 nitrogen and oxygen atoms in total. The van der Waals surface area contributed by atoms with Gasteiger partial charge in [-0.2, -0.15) is 11.8 Å². The number of amides is 2. The second kappa shape index (κ2) is 5.08. The Bertz CT molecular complexity index is 294. The topological polar surface area (TPSA) is 58.2 Å². The highest BCUT2D eigenvalue weighted by atomic mass is 32.2. The lowest BCUT2D eigenvalue weighted by atomic mass is 10.2. The predicted molar refractivity (Wildman–Crippen MR) is 66.3 cm³/mol. The molecule has 0 saturated heterocycles. The Morgan fingerprint density at radius 3 is 2.56 bits per heavy atom. The molecule has 0 aromatic heterocycles.